The lowest BCUT2D eigenvalue weighted by atomic mass is 9.54. The van der Waals surface area contributed by atoms with Gasteiger partial charge in [0.25, 0.3) is 0 Å². The summed E-state index contributed by atoms with van der Waals surface area (Å²) >= 11 is 0. The highest BCUT2D eigenvalue weighted by Gasteiger charge is 2.72. The van der Waals surface area contributed by atoms with Gasteiger partial charge in [0.2, 0.25) is 0 Å². The van der Waals surface area contributed by atoms with E-state index in [1.807, 2.05) is 6.92 Å². The van der Waals surface area contributed by atoms with Gasteiger partial charge in [-0.1, -0.05) is 48.5 Å². The molecule has 1 saturated heterocycles. The van der Waals surface area contributed by atoms with Gasteiger partial charge in [0.15, 0.2) is 0 Å². The van der Waals surface area contributed by atoms with Crippen LogP contribution in [0.25, 0.3) is 0 Å². The standard InChI is InChI=1S/C13H26O3/c1-9-14-13(15-16-13)12(8,10(2,3)4)11(5,6)7/h9H2,1-8H3. The number of hydrogen-bond donors (Lipinski definition) is 0. The summed E-state index contributed by atoms with van der Waals surface area (Å²) in [7, 11) is 0. The average Bonchev–Trinajstić information content (AvgIpc) is 2.81. The van der Waals surface area contributed by atoms with Gasteiger partial charge in [0.05, 0.1) is 5.41 Å². The first kappa shape index (κ1) is 13.9. The normalized spacial score (nSPS) is 21.0. The zero-order chi connectivity index (χ0) is 12.8. The molecule has 0 aromatic heterocycles. The summed E-state index contributed by atoms with van der Waals surface area (Å²) in [5.41, 5.74) is -0.211. The van der Waals surface area contributed by atoms with E-state index in [1.54, 1.807) is 0 Å². The van der Waals surface area contributed by atoms with Crippen LogP contribution >= 0.6 is 0 Å². The van der Waals surface area contributed by atoms with Crippen molar-refractivity contribution in [3.05, 3.63) is 0 Å². The van der Waals surface area contributed by atoms with E-state index < -0.39 is 5.97 Å². The summed E-state index contributed by atoms with van der Waals surface area (Å²) in [6.45, 7) is 17.9. The van der Waals surface area contributed by atoms with Crippen molar-refractivity contribution in [1.29, 1.82) is 0 Å². The van der Waals surface area contributed by atoms with Crippen LogP contribution < -0.4 is 0 Å². The quantitative estimate of drug-likeness (QED) is 0.547. The molecular weight excluding hydrogens is 204 g/mol. The summed E-state index contributed by atoms with van der Waals surface area (Å²) < 4.78 is 5.71. The van der Waals surface area contributed by atoms with Crippen molar-refractivity contribution < 1.29 is 14.5 Å². The van der Waals surface area contributed by atoms with Crippen LogP contribution in [0.15, 0.2) is 0 Å². The monoisotopic (exact) mass is 230 g/mol. The molecule has 0 bridgehead atoms. The summed E-state index contributed by atoms with van der Waals surface area (Å²) in [5, 5.41) is 0. The minimum absolute atomic E-state index is 0.0108. The van der Waals surface area contributed by atoms with Crippen LogP contribution in [-0.2, 0) is 14.5 Å². The van der Waals surface area contributed by atoms with Crippen molar-refractivity contribution >= 4 is 0 Å². The van der Waals surface area contributed by atoms with Crippen molar-refractivity contribution in [2.75, 3.05) is 6.61 Å². The topological polar surface area (TPSA) is 34.3 Å². The average molecular weight is 230 g/mol. The van der Waals surface area contributed by atoms with E-state index in [1.165, 1.54) is 0 Å². The number of ether oxygens (including phenoxy) is 1. The van der Waals surface area contributed by atoms with Crippen LogP contribution in [0.2, 0.25) is 0 Å². The fraction of sp³-hybridized carbons (Fsp3) is 1.00. The highest BCUT2D eigenvalue weighted by molar-refractivity contribution is 5.03. The van der Waals surface area contributed by atoms with E-state index in [0.717, 1.165) is 0 Å². The molecule has 0 spiro atoms. The lowest BCUT2D eigenvalue weighted by Gasteiger charge is -2.51. The van der Waals surface area contributed by atoms with E-state index >= 15 is 0 Å². The Bertz CT molecular complexity index is 239. The van der Waals surface area contributed by atoms with Crippen LogP contribution in [0.4, 0.5) is 0 Å². The molecule has 3 nitrogen and oxygen atoms in total. The highest BCUT2D eigenvalue weighted by atomic mass is 17.5. The molecule has 1 aliphatic rings. The van der Waals surface area contributed by atoms with Gasteiger partial charge in [-0.25, -0.2) is 0 Å². The van der Waals surface area contributed by atoms with Crippen molar-refractivity contribution in [3.8, 4) is 0 Å². The van der Waals surface area contributed by atoms with Crippen LogP contribution in [0.3, 0.4) is 0 Å². The molecule has 0 unspecified atom stereocenters. The molecule has 0 N–H and O–H groups in total. The van der Waals surface area contributed by atoms with Crippen molar-refractivity contribution in [3.63, 3.8) is 0 Å². The fourth-order valence-corrected chi connectivity index (χ4v) is 2.63. The predicted molar refractivity (Wildman–Crippen MR) is 63.5 cm³/mol. The third-order valence-electron chi connectivity index (χ3n) is 4.18. The van der Waals surface area contributed by atoms with E-state index in [2.05, 4.69) is 48.5 Å². The first-order valence-corrected chi connectivity index (χ1v) is 6.02. The molecule has 0 atom stereocenters. The van der Waals surface area contributed by atoms with E-state index in [0.29, 0.717) is 6.61 Å². The van der Waals surface area contributed by atoms with Crippen molar-refractivity contribution in [2.24, 2.45) is 16.2 Å². The Morgan fingerprint density at radius 1 is 0.875 bits per heavy atom. The van der Waals surface area contributed by atoms with Gasteiger partial charge in [-0.2, -0.15) is 9.78 Å². The van der Waals surface area contributed by atoms with Crippen molar-refractivity contribution in [2.45, 2.75) is 61.4 Å². The van der Waals surface area contributed by atoms with Crippen LogP contribution in [0, 0.1) is 16.2 Å². The summed E-state index contributed by atoms with van der Waals surface area (Å²) in [6.07, 6.45) is 0. The lowest BCUT2D eigenvalue weighted by Crippen LogP contribution is -2.55. The molecule has 3 heteroatoms. The maximum Gasteiger partial charge on any atom is 0.346 e. The molecule has 1 heterocycles. The minimum atomic E-state index is -0.877. The van der Waals surface area contributed by atoms with Crippen LogP contribution in [-0.4, -0.2) is 12.6 Å². The molecule has 0 saturated carbocycles. The second-order valence-corrected chi connectivity index (χ2v) is 6.78. The lowest BCUT2D eigenvalue weighted by molar-refractivity contribution is -0.219. The van der Waals surface area contributed by atoms with Gasteiger partial charge < -0.3 is 4.74 Å². The van der Waals surface area contributed by atoms with Gasteiger partial charge in [0, 0.05) is 6.61 Å². The van der Waals surface area contributed by atoms with Gasteiger partial charge in [-0.3, -0.25) is 0 Å². The number of rotatable bonds is 3. The molecule has 16 heavy (non-hydrogen) atoms. The first-order valence-electron chi connectivity index (χ1n) is 6.02. The largest absolute Gasteiger partial charge is 0.346 e. The highest BCUT2D eigenvalue weighted by Crippen LogP contribution is 2.64. The smallest absolute Gasteiger partial charge is 0.324 e. The SMILES string of the molecule is CCOC1(C(C)(C(C)(C)C)C(C)(C)C)OO1. The summed E-state index contributed by atoms with van der Waals surface area (Å²) in [4.78, 5) is 10.5. The zero-order valence-electron chi connectivity index (χ0n) is 11.9. The van der Waals surface area contributed by atoms with E-state index in [9.17, 15) is 0 Å². The fourth-order valence-electron chi connectivity index (χ4n) is 2.63. The third kappa shape index (κ3) is 1.79. The first-order chi connectivity index (χ1) is 7.02. The summed E-state index contributed by atoms with van der Waals surface area (Å²) in [5.74, 6) is -0.877. The Morgan fingerprint density at radius 2 is 1.25 bits per heavy atom. The second-order valence-electron chi connectivity index (χ2n) is 6.78. The Hall–Kier alpha value is -0.120. The molecule has 0 aliphatic carbocycles. The van der Waals surface area contributed by atoms with Crippen molar-refractivity contribution in [1.82, 2.24) is 0 Å². The maximum absolute atomic E-state index is 5.71. The molecule has 96 valence electrons. The number of hydrogen-bond acceptors (Lipinski definition) is 3. The van der Waals surface area contributed by atoms with Gasteiger partial charge in [-0.05, 0) is 17.8 Å². The molecule has 0 aromatic carbocycles. The molecule has 0 radical (unpaired) electrons. The van der Waals surface area contributed by atoms with Gasteiger partial charge >= 0.3 is 5.97 Å². The molecular formula is C13H26O3. The molecule has 1 aliphatic heterocycles. The molecule has 1 fully saturated rings. The Labute approximate surface area is 99.4 Å². The predicted octanol–water partition coefficient (Wildman–Crippen LogP) is 3.74. The molecule has 1 rings (SSSR count). The van der Waals surface area contributed by atoms with E-state index in [-0.39, 0.29) is 16.2 Å². The van der Waals surface area contributed by atoms with Gasteiger partial charge in [-0.15, -0.1) is 0 Å². The maximum atomic E-state index is 5.71. The van der Waals surface area contributed by atoms with Crippen LogP contribution in [0.1, 0.15) is 55.4 Å². The van der Waals surface area contributed by atoms with Crippen LogP contribution in [0.5, 0.6) is 0 Å². The Kier molecular flexibility index (Phi) is 3.21. The third-order valence-corrected chi connectivity index (χ3v) is 4.18. The Morgan fingerprint density at radius 3 is 1.44 bits per heavy atom. The zero-order valence-corrected chi connectivity index (χ0v) is 11.9. The molecule has 0 amide bonds. The van der Waals surface area contributed by atoms with Gasteiger partial charge in [0.1, 0.15) is 0 Å². The Balaban J connectivity index is 3.17. The minimum Gasteiger partial charge on any atom is -0.324 e. The molecule has 0 aromatic rings. The second kappa shape index (κ2) is 3.69. The van der Waals surface area contributed by atoms with E-state index in [4.69, 9.17) is 14.5 Å². The summed E-state index contributed by atoms with van der Waals surface area (Å²) in [6, 6.07) is 0.